The van der Waals surface area contributed by atoms with Crippen molar-refractivity contribution in [2.75, 3.05) is 36.0 Å². The molecule has 38 heavy (non-hydrogen) atoms. The van der Waals surface area contributed by atoms with E-state index in [0.717, 1.165) is 15.5 Å². The number of anilines is 2. The smallest absolute Gasteiger partial charge is 0.414 e. The summed E-state index contributed by atoms with van der Waals surface area (Å²) in [5.74, 6) is -2.17. The average Bonchev–Trinajstić information content (AvgIpc) is 3.27. The summed E-state index contributed by atoms with van der Waals surface area (Å²) < 4.78 is 48.3. The number of carbonyl (C=O) groups excluding carboxylic acids is 2. The number of fused-ring (bicyclic) bond motifs is 1. The van der Waals surface area contributed by atoms with Crippen molar-refractivity contribution in [1.29, 1.82) is 0 Å². The summed E-state index contributed by atoms with van der Waals surface area (Å²) in [5, 5.41) is 1.98. The van der Waals surface area contributed by atoms with Crippen molar-refractivity contribution in [3.05, 3.63) is 63.4 Å². The highest BCUT2D eigenvalue weighted by molar-refractivity contribution is 5.90. The number of carbonyl (C=O) groups is 2. The molecule has 1 unspecified atom stereocenters. The molecule has 1 aromatic carbocycles. The van der Waals surface area contributed by atoms with E-state index in [1.807, 2.05) is 5.32 Å². The third-order valence-corrected chi connectivity index (χ3v) is 6.19. The van der Waals surface area contributed by atoms with Gasteiger partial charge >= 0.3 is 23.9 Å². The number of nitrogens with one attached hydrogen (secondary N) is 1. The molecule has 2 amide bonds. The first-order valence-corrected chi connectivity index (χ1v) is 11.5. The molecule has 0 spiro atoms. The third-order valence-electron chi connectivity index (χ3n) is 6.19. The number of benzene rings is 1. The molecule has 1 N–H and O–H groups in total. The molecule has 0 saturated carbocycles. The van der Waals surface area contributed by atoms with Gasteiger partial charge in [0.2, 0.25) is 5.95 Å². The Morgan fingerprint density at radius 3 is 2.32 bits per heavy atom. The van der Waals surface area contributed by atoms with Gasteiger partial charge in [0.25, 0.3) is 5.91 Å². The zero-order valence-corrected chi connectivity index (χ0v) is 19.7. The number of ether oxygens (including phenoxy) is 1. The maximum atomic E-state index is 15.2. The molecule has 1 atom stereocenters. The Morgan fingerprint density at radius 2 is 1.71 bits per heavy atom. The first kappa shape index (κ1) is 25.0. The Balaban J connectivity index is 1.29. The van der Waals surface area contributed by atoms with E-state index < -0.39 is 41.7 Å². The summed E-state index contributed by atoms with van der Waals surface area (Å²) >= 11 is 0. The summed E-state index contributed by atoms with van der Waals surface area (Å²) in [5.41, 5.74) is -0.828. The quantitative estimate of drug-likeness (QED) is 0.465. The van der Waals surface area contributed by atoms with Crippen LogP contribution in [0.3, 0.4) is 0 Å². The normalized spacial score (nSPS) is 17.4. The summed E-state index contributed by atoms with van der Waals surface area (Å²) in [6, 6.07) is 5.65. The molecule has 2 aromatic heterocycles. The number of aromatic nitrogens is 5. The Bertz CT molecular complexity index is 1450. The topological polar surface area (TPSA) is 137 Å². The summed E-state index contributed by atoms with van der Waals surface area (Å²) in [4.78, 5) is 59.8. The van der Waals surface area contributed by atoms with E-state index in [9.17, 15) is 28.0 Å². The van der Waals surface area contributed by atoms with Gasteiger partial charge in [-0.2, -0.15) is 13.3 Å². The van der Waals surface area contributed by atoms with Crippen LogP contribution in [0.25, 0.3) is 5.95 Å². The second-order valence-electron chi connectivity index (χ2n) is 8.48. The van der Waals surface area contributed by atoms with Gasteiger partial charge < -0.3 is 15.0 Å². The van der Waals surface area contributed by atoms with Crippen LogP contribution < -0.4 is 26.5 Å². The predicted octanol–water partition coefficient (Wildman–Crippen LogP) is -0.0435. The zero-order valence-electron chi connectivity index (χ0n) is 19.7. The highest BCUT2D eigenvalue weighted by Crippen LogP contribution is 2.28. The summed E-state index contributed by atoms with van der Waals surface area (Å²) in [7, 11) is 0. The van der Waals surface area contributed by atoms with Gasteiger partial charge in [0.15, 0.2) is 0 Å². The molecular formula is C22H21F3N8O5. The number of amides is 2. The largest absolute Gasteiger partial charge is 0.442 e. The minimum atomic E-state index is -3.19. The van der Waals surface area contributed by atoms with E-state index >= 15 is 4.39 Å². The lowest BCUT2D eigenvalue weighted by Crippen LogP contribution is -2.37. The molecule has 0 aliphatic carbocycles. The van der Waals surface area contributed by atoms with Crippen LogP contribution in [0.1, 0.15) is 0 Å². The lowest BCUT2D eigenvalue weighted by Gasteiger charge is -2.23. The van der Waals surface area contributed by atoms with Crippen molar-refractivity contribution in [3.63, 3.8) is 0 Å². The van der Waals surface area contributed by atoms with Gasteiger partial charge in [-0.05, 0) is 24.3 Å². The fraction of sp³-hybridized carbons (Fsp3) is 0.364. The Labute approximate surface area is 211 Å². The molecule has 1 fully saturated rings. The number of cyclic esters (lactones) is 1. The van der Waals surface area contributed by atoms with Gasteiger partial charge in [-0.3, -0.25) is 9.69 Å². The Morgan fingerprint density at radius 1 is 1.05 bits per heavy atom. The monoisotopic (exact) mass is 534 g/mol. The van der Waals surface area contributed by atoms with Crippen molar-refractivity contribution >= 4 is 23.4 Å². The number of hydrogen-bond donors (Lipinski definition) is 1. The first-order chi connectivity index (χ1) is 18.2. The van der Waals surface area contributed by atoms with Crippen LogP contribution in [0.5, 0.6) is 0 Å². The number of nitrogens with zero attached hydrogens (tertiary/aromatic N) is 7. The molecule has 2 aliphatic rings. The van der Waals surface area contributed by atoms with E-state index in [4.69, 9.17) is 4.74 Å². The van der Waals surface area contributed by atoms with Crippen molar-refractivity contribution in [3.8, 4) is 5.95 Å². The maximum Gasteiger partial charge on any atom is 0.414 e. The minimum absolute atomic E-state index is 0.0341. The van der Waals surface area contributed by atoms with Gasteiger partial charge in [0.05, 0.1) is 37.6 Å². The highest BCUT2D eigenvalue weighted by Gasteiger charge is 2.34. The van der Waals surface area contributed by atoms with E-state index in [2.05, 4.69) is 9.97 Å². The number of rotatable bonds is 6. The third kappa shape index (κ3) is 4.59. The fourth-order valence-electron chi connectivity index (χ4n) is 4.36. The highest BCUT2D eigenvalue weighted by atomic mass is 19.3. The molecule has 16 heteroatoms. The van der Waals surface area contributed by atoms with Crippen LogP contribution in [-0.2, 0) is 22.6 Å². The molecule has 0 bridgehead atoms. The van der Waals surface area contributed by atoms with Crippen molar-refractivity contribution in [2.45, 2.75) is 25.6 Å². The van der Waals surface area contributed by atoms with Crippen LogP contribution in [0.15, 0.2) is 46.2 Å². The maximum absolute atomic E-state index is 15.2. The fourth-order valence-corrected chi connectivity index (χ4v) is 4.36. The van der Waals surface area contributed by atoms with Crippen molar-refractivity contribution in [2.24, 2.45) is 0 Å². The van der Waals surface area contributed by atoms with Gasteiger partial charge in [0.1, 0.15) is 11.9 Å². The molecule has 4 heterocycles. The van der Waals surface area contributed by atoms with Crippen LogP contribution in [-0.4, -0.2) is 74.6 Å². The van der Waals surface area contributed by atoms with Crippen molar-refractivity contribution < 1.29 is 27.5 Å². The average molecular weight is 534 g/mol. The van der Waals surface area contributed by atoms with E-state index in [-0.39, 0.29) is 56.6 Å². The molecule has 2 aliphatic heterocycles. The number of hydrogen-bond acceptors (Lipinski definition) is 8. The second kappa shape index (κ2) is 10.0. The molecule has 200 valence electrons. The molecule has 0 radical (unpaired) electrons. The molecular weight excluding hydrogens is 513 g/mol. The molecule has 1 saturated heterocycles. The molecule has 13 nitrogen and oxygen atoms in total. The van der Waals surface area contributed by atoms with Gasteiger partial charge in [-0.1, -0.05) is 0 Å². The first-order valence-electron chi connectivity index (χ1n) is 11.5. The Hall–Kier alpha value is -4.63. The summed E-state index contributed by atoms with van der Waals surface area (Å²) in [6.45, 7) is 0.248. The summed E-state index contributed by atoms with van der Waals surface area (Å²) in [6.07, 6.45) is -2.03. The van der Waals surface area contributed by atoms with Crippen LogP contribution in [0.4, 0.5) is 29.3 Å². The van der Waals surface area contributed by atoms with Gasteiger partial charge in [-0.15, -0.1) is 0 Å². The second-order valence-corrected chi connectivity index (χ2v) is 8.48. The van der Waals surface area contributed by atoms with Crippen LogP contribution >= 0.6 is 0 Å². The van der Waals surface area contributed by atoms with E-state index in [1.165, 1.54) is 33.9 Å². The van der Waals surface area contributed by atoms with Crippen LogP contribution in [0.2, 0.25) is 0 Å². The standard InChI is InChI=1S/C22H21F3N8O5/c23-15-10-13(30-12-14(38-22(30)37)11-28-18(34)17(24)25)2-3-16(15)29-6-8-31-20(35)33(19-26-4-1-5-27-19)21(36)32(31)9-7-29/h1-5,10,14,17H,6-9,11-12H2,(H,28,34). The number of halogens is 3. The lowest BCUT2D eigenvalue weighted by atomic mass is 10.2. The number of alkyl halides is 2. The predicted molar refractivity (Wildman–Crippen MR) is 125 cm³/mol. The SMILES string of the molecule is O=C(NCC1CN(c2ccc(N3CCn4c(=O)n(-c5ncccn5)c(=O)n4CC3)c(F)c2)C(=O)O1)C(F)F. The molecule has 3 aromatic rings. The van der Waals surface area contributed by atoms with Crippen molar-refractivity contribution in [1.82, 2.24) is 29.2 Å². The zero-order chi connectivity index (χ0) is 27.0. The van der Waals surface area contributed by atoms with Crippen LogP contribution in [0, 0.1) is 5.82 Å². The van der Waals surface area contributed by atoms with Gasteiger partial charge in [-0.25, -0.2) is 38.1 Å². The minimum Gasteiger partial charge on any atom is -0.442 e. The van der Waals surface area contributed by atoms with E-state index in [0.29, 0.717) is 0 Å². The van der Waals surface area contributed by atoms with E-state index in [1.54, 1.807) is 11.0 Å². The Kier molecular flexibility index (Phi) is 6.61. The lowest BCUT2D eigenvalue weighted by molar-refractivity contribution is -0.132. The van der Waals surface area contributed by atoms with Gasteiger partial charge in [0, 0.05) is 25.5 Å². The molecule has 5 rings (SSSR count).